The monoisotopic (exact) mass is 287 g/mol. The van der Waals surface area contributed by atoms with Crippen molar-refractivity contribution in [2.75, 3.05) is 37.6 Å². The molecule has 1 aliphatic carbocycles. The zero-order valence-electron chi connectivity index (χ0n) is 13.7. The van der Waals surface area contributed by atoms with E-state index in [4.69, 9.17) is 0 Å². The van der Waals surface area contributed by atoms with Gasteiger partial charge in [-0.2, -0.15) is 0 Å². The van der Waals surface area contributed by atoms with Crippen molar-refractivity contribution in [2.45, 2.75) is 45.2 Å². The Labute approximate surface area is 129 Å². The van der Waals surface area contributed by atoms with E-state index in [0.29, 0.717) is 11.6 Å². The zero-order chi connectivity index (χ0) is 14.9. The van der Waals surface area contributed by atoms with Crippen LogP contribution in [0.4, 0.5) is 5.69 Å². The molecular weight excluding hydrogens is 258 g/mol. The molecule has 0 spiro atoms. The van der Waals surface area contributed by atoms with Crippen molar-refractivity contribution in [2.24, 2.45) is 0 Å². The van der Waals surface area contributed by atoms with E-state index < -0.39 is 0 Å². The smallest absolute Gasteiger partial charge is 0.0367 e. The summed E-state index contributed by atoms with van der Waals surface area (Å²) in [5.41, 5.74) is 3.15. The first-order valence-corrected chi connectivity index (χ1v) is 8.38. The Hall–Kier alpha value is -1.06. The number of nitrogens with one attached hydrogen (secondary N) is 1. The molecular formula is C18H29N3. The van der Waals surface area contributed by atoms with Gasteiger partial charge >= 0.3 is 0 Å². The van der Waals surface area contributed by atoms with Crippen LogP contribution in [-0.4, -0.2) is 49.2 Å². The average Bonchev–Trinajstić information content (AvgIpc) is 3.19. The molecule has 1 aliphatic heterocycles. The zero-order valence-corrected chi connectivity index (χ0v) is 13.7. The lowest BCUT2D eigenvalue weighted by Gasteiger charge is -2.38. The molecule has 1 saturated heterocycles. The number of hydrogen-bond donors (Lipinski definition) is 1. The van der Waals surface area contributed by atoms with Crippen LogP contribution in [-0.2, 0) is 0 Å². The fourth-order valence-corrected chi connectivity index (χ4v) is 3.46. The number of nitrogens with zero attached hydrogens (tertiary/aromatic N) is 2. The predicted octanol–water partition coefficient (Wildman–Crippen LogP) is 2.65. The Morgan fingerprint density at radius 3 is 2.19 bits per heavy atom. The van der Waals surface area contributed by atoms with Crippen LogP contribution in [0.2, 0.25) is 0 Å². The van der Waals surface area contributed by atoms with Crippen molar-refractivity contribution in [3.05, 3.63) is 29.8 Å². The van der Waals surface area contributed by atoms with Crippen LogP contribution < -0.4 is 10.2 Å². The van der Waals surface area contributed by atoms with E-state index >= 15 is 0 Å². The molecule has 116 valence electrons. The third kappa shape index (κ3) is 3.78. The van der Waals surface area contributed by atoms with Crippen LogP contribution in [0.5, 0.6) is 0 Å². The fourth-order valence-electron chi connectivity index (χ4n) is 3.46. The second-order valence-corrected chi connectivity index (χ2v) is 7.18. The molecule has 3 nitrogen and oxygen atoms in total. The molecule has 1 aromatic carbocycles. The Morgan fingerprint density at radius 2 is 1.67 bits per heavy atom. The molecule has 1 N–H and O–H groups in total. The van der Waals surface area contributed by atoms with Gasteiger partial charge in [-0.15, -0.1) is 0 Å². The number of piperazine rings is 1. The van der Waals surface area contributed by atoms with Crippen molar-refractivity contribution in [3.63, 3.8) is 0 Å². The first-order valence-electron chi connectivity index (χ1n) is 8.38. The molecule has 2 fully saturated rings. The number of anilines is 1. The van der Waals surface area contributed by atoms with Gasteiger partial charge in [0.1, 0.15) is 0 Å². The van der Waals surface area contributed by atoms with Crippen molar-refractivity contribution < 1.29 is 0 Å². The highest BCUT2D eigenvalue weighted by atomic mass is 15.3. The van der Waals surface area contributed by atoms with E-state index in [1.165, 1.54) is 43.7 Å². The molecule has 3 heteroatoms. The van der Waals surface area contributed by atoms with Gasteiger partial charge in [-0.1, -0.05) is 31.5 Å². The third-order valence-corrected chi connectivity index (χ3v) is 4.75. The van der Waals surface area contributed by atoms with Crippen molar-refractivity contribution in [3.8, 4) is 0 Å². The Bertz CT molecular complexity index is 454. The van der Waals surface area contributed by atoms with Gasteiger partial charge in [-0.3, -0.25) is 4.90 Å². The molecule has 0 aromatic heterocycles. The number of hydrogen-bond acceptors (Lipinski definition) is 3. The number of aryl methyl sites for hydroxylation is 1. The summed E-state index contributed by atoms with van der Waals surface area (Å²) in [6.45, 7) is 12.6. The van der Waals surface area contributed by atoms with E-state index in [2.05, 4.69) is 60.2 Å². The Kier molecular flexibility index (Phi) is 4.23. The average molecular weight is 287 g/mol. The van der Waals surface area contributed by atoms with Crippen LogP contribution in [0, 0.1) is 6.92 Å². The van der Waals surface area contributed by atoms with Crippen molar-refractivity contribution in [1.29, 1.82) is 0 Å². The summed E-state index contributed by atoms with van der Waals surface area (Å²) in [4.78, 5) is 5.17. The van der Waals surface area contributed by atoms with Gasteiger partial charge in [0, 0.05) is 50.0 Å². The quantitative estimate of drug-likeness (QED) is 0.898. The van der Waals surface area contributed by atoms with Gasteiger partial charge in [0.2, 0.25) is 0 Å². The maximum absolute atomic E-state index is 3.77. The normalized spacial score (nSPS) is 21.8. The summed E-state index contributed by atoms with van der Waals surface area (Å²) in [5.74, 6) is 0. The molecule has 3 rings (SSSR count). The maximum atomic E-state index is 3.77. The molecule has 0 atom stereocenters. The highest BCUT2D eigenvalue weighted by molar-refractivity contribution is 5.47. The lowest BCUT2D eigenvalue weighted by atomic mass is 10.1. The van der Waals surface area contributed by atoms with Crippen LogP contribution in [0.25, 0.3) is 0 Å². The summed E-state index contributed by atoms with van der Waals surface area (Å²) >= 11 is 0. The van der Waals surface area contributed by atoms with E-state index in [1.54, 1.807) is 0 Å². The molecule has 21 heavy (non-hydrogen) atoms. The summed E-state index contributed by atoms with van der Waals surface area (Å²) in [5, 5.41) is 3.77. The fraction of sp³-hybridized carbons (Fsp3) is 0.667. The van der Waals surface area contributed by atoms with Crippen LogP contribution >= 0.6 is 0 Å². The van der Waals surface area contributed by atoms with Crippen LogP contribution in [0.1, 0.15) is 32.3 Å². The minimum Gasteiger partial charge on any atom is -0.369 e. The molecule has 0 amide bonds. The minimum atomic E-state index is 0.431. The van der Waals surface area contributed by atoms with E-state index in [-0.39, 0.29) is 0 Å². The van der Waals surface area contributed by atoms with Crippen LogP contribution in [0.15, 0.2) is 24.3 Å². The maximum Gasteiger partial charge on any atom is 0.0367 e. The largest absolute Gasteiger partial charge is 0.369 e. The van der Waals surface area contributed by atoms with Crippen molar-refractivity contribution >= 4 is 5.69 Å². The topological polar surface area (TPSA) is 18.5 Å². The van der Waals surface area contributed by atoms with E-state index in [9.17, 15) is 0 Å². The second-order valence-electron chi connectivity index (χ2n) is 7.18. The summed E-state index contributed by atoms with van der Waals surface area (Å²) in [6.07, 6.45) is 2.70. The standard InChI is InChI=1S/C18H29N3/c1-15(2)19-18(8-9-18)14-20-10-12-21(13-11-20)17-6-4-16(3)5-7-17/h4-7,15,19H,8-14H2,1-3H3. The second kappa shape index (κ2) is 5.98. The van der Waals surface area contributed by atoms with Gasteiger partial charge in [0.25, 0.3) is 0 Å². The number of benzene rings is 1. The number of rotatable bonds is 5. The first-order chi connectivity index (χ1) is 10.1. The van der Waals surface area contributed by atoms with Crippen LogP contribution in [0.3, 0.4) is 0 Å². The Morgan fingerprint density at radius 1 is 1.05 bits per heavy atom. The molecule has 0 unspecified atom stereocenters. The SMILES string of the molecule is Cc1ccc(N2CCN(CC3(NC(C)C)CC3)CC2)cc1. The van der Waals surface area contributed by atoms with Gasteiger partial charge < -0.3 is 10.2 Å². The lowest BCUT2D eigenvalue weighted by Crippen LogP contribution is -2.52. The molecule has 1 saturated carbocycles. The van der Waals surface area contributed by atoms with Gasteiger partial charge in [0.15, 0.2) is 0 Å². The third-order valence-electron chi connectivity index (χ3n) is 4.75. The van der Waals surface area contributed by atoms with E-state index in [1.807, 2.05) is 0 Å². The van der Waals surface area contributed by atoms with Gasteiger partial charge in [0.05, 0.1) is 0 Å². The van der Waals surface area contributed by atoms with Crippen molar-refractivity contribution in [1.82, 2.24) is 10.2 Å². The highest BCUT2D eigenvalue weighted by Crippen LogP contribution is 2.37. The molecule has 0 bridgehead atoms. The van der Waals surface area contributed by atoms with Gasteiger partial charge in [-0.25, -0.2) is 0 Å². The predicted molar refractivity (Wildman–Crippen MR) is 90.1 cm³/mol. The first kappa shape index (κ1) is 14.9. The Balaban J connectivity index is 1.50. The lowest BCUT2D eigenvalue weighted by molar-refractivity contribution is 0.215. The molecule has 2 aliphatic rings. The minimum absolute atomic E-state index is 0.431. The molecule has 1 aromatic rings. The van der Waals surface area contributed by atoms with Gasteiger partial charge in [-0.05, 0) is 31.9 Å². The molecule has 1 heterocycles. The summed E-state index contributed by atoms with van der Waals surface area (Å²) < 4.78 is 0. The summed E-state index contributed by atoms with van der Waals surface area (Å²) in [7, 11) is 0. The summed E-state index contributed by atoms with van der Waals surface area (Å²) in [6, 6.07) is 9.55. The molecule has 0 radical (unpaired) electrons. The highest BCUT2D eigenvalue weighted by Gasteiger charge is 2.44. The van der Waals surface area contributed by atoms with E-state index in [0.717, 1.165) is 13.1 Å².